The molecule has 2 heterocycles. The Bertz CT molecular complexity index is 807. The zero-order valence-corrected chi connectivity index (χ0v) is 15.8. The maximum atomic E-state index is 12.6. The lowest BCUT2D eigenvalue weighted by atomic mass is 10.0. The minimum atomic E-state index is -0.290. The van der Waals surface area contributed by atoms with Crippen LogP contribution in [0.25, 0.3) is 0 Å². The third-order valence-electron chi connectivity index (χ3n) is 5.39. The van der Waals surface area contributed by atoms with E-state index in [-0.39, 0.29) is 30.7 Å². The highest BCUT2D eigenvalue weighted by molar-refractivity contribution is 5.87. The van der Waals surface area contributed by atoms with Crippen molar-refractivity contribution >= 4 is 17.7 Å². The maximum absolute atomic E-state index is 12.6. The number of carbonyl (C=O) groups excluding carboxylic acids is 2. The van der Waals surface area contributed by atoms with Crippen molar-refractivity contribution in [2.75, 3.05) is 18.4 Å². The molecule has 1 atom stereocenters. The number of hydrogen-bond acceptors (Lipinski definition) is 4. The minimum Gasteiger partial charge on any atom is -0.445 e. The number of piperidine rings is 1. The molecule has 2 aromatic carbocycles. The van der Waals surface area contributed by atoms with E-state index >= 15 is 0 Å². The Morgan fingerprint density at radius 2 is 1.75 bits per heavy atom. The van der Waals surface area contributed by atoms with Crippen molar-refractivity contribution in [2.24, 2.45) is 0 Å². The number of nitrogens with zero attached hydrogens (tertiary/aromatic N) is 1. The maximum Gasteiger partial charge on any atom is 0.410 e. The van der Waals surface area contributed by atoms with E-state index in [0.717, 1.165) is 24.1 Å². The van der Waals surface area contributed by atoms with Gasteiger partial charge in [-0.05, 0) is 30.0 Å². The number of benzene rings is 2. The summed E-state index contributed by atoms with van der Waals surface area (Å²) in [5.74, 6) is 0.0290. The average molecular weight is 379 g/mol. The predicted octanol–water partition coefficient (Wildman–Crippen LogP) is 2.94. The highest BCUT2D eigenvalue weighted by Crippen LogP contribution is 2.25. The molecule has 0 spiro atoms. The first-order valence-electron chi connectivity index (χ1n) is 9.79. The Balaban J connectivity index is 1.20. The fourth-order valence-electron chi connectivity index (χ4n) is 3.77. The predicted molar refractivity (Wildman–Crippen MR) is 107 cm³/mol. The standard InChI is InChI=1S/C22H25N3O3/c26-21(20-14-17-8-4-5-9-19(17)24-20)23-18-10-12-25(13-11-18)22(27)28-15-16-6-2-1-3-7-16/h1-9,18,20,24H,10-15H2,(H,23,26)/t20-/m0/s1. The number of nitrogens with one attached hydrogen (secondary N) is 2. The van der Waals surface area contributed by atoms with E-state index in [4.69, 9.17) is 4.74 Å². The van der Waals surface area contributed by atoms with Crippen LogP contribution in [0.3, 0.4) is 0 Å². The number of amides is 2. The van der Waals surface area contributed by atoms with E-state index in [9.17, 15) is 9.59 Å². The van der Waals surface area contributed by atoms with Crippen molar-refractivity contribution in [3.05, 3.63) is 65.7 Å². The summed E-state index contributed by atoms with van der Waals surface area (Å²) in [6.07, 6.45) is 1.91. The number of likely N-dealkylation sites (tertiary alicyclic amines) is 1. The van der Waals surface area contributed by atoms with E-state index < -0.39 is 0 Å². The first kappa shape index (κ1) is 18.3. The van der Waals surface area contributed by atoms with Crippen LogP contribution >= 0.6 is 0 Å². The van der Waals surface area contributed by atoms with Gasteiger partial charge in [-0.3, -0.25) is 4.79 Å². The van der Waals surface area contributed by atoms with Crippen LogP contribution in [0.1, 0.15) is 24.0 Å². The molecule has 2 N–H and O–H groups in total. The van der Waals surface area contributed by atoms with Gasteiger partial charge in [-0.2, -0.15) is 0 Å². The first-order chi connectivity index (χ1) is 13.7. The van der Waals surface area contributed by atoms with Crippen LogP contribution in [-0.4, -0.2) is 42.1 Å². The van der Waals surface area contributed by atoms with E-state index in [1.807, 2.05) is 48.5 Å². The zero-order valence-electron chi connectivity index (χ0n) is 15.8. The summed E-state index contributed by atoms with van der Waals surface area (Å²) in [7, 11) is 0. The molecule has 1 saturated heterocycles. The summed E-state index contributed by atoms with van der Waals surface area (Å²) in [4.78, 5) is 26.5. The molecule has 28 heavy (non-hydrogen) atoms. The number of fused-ring (bicyclic) bond motifs is 1. The molecule has 0 bridgehead atoms. The van der Waals surface area contributed by atoms with Gasteiger partial charge in [-0.15, -0.1) is 0 Å². The molecular weight excluding hydrogens is 354 g/mol. The van der Waals surface area contributed by atoms with Crippen molar-refractivity contribution < 1.29 is 14.3 Å². The van der Waals surface area contributed by atoms with Crippen LogP contribution in [0.2, 0.25) is 0 Å². The summed E-state index contributed by atoms with van der Waals surface area (Å²) < 4.78 is 5.39. The molecule has 6 nitrogen and oxygen atoms in total. The van der Waals surface area contributed by atoms with Gasteiger partial charge in [-0.25, -0.2) is 4.79 Å². The molecule has 146 valence electrons. The molecule has 0 radical (unpaired) electrons. The van der Waals surface area contributed by atoms with E-state index in [1.54, 1.807) is 4.90 Å². The van der Waals surface area contributed by atoms with Gasteiger partial charge in [-0.1, -0.05) is 48.5 Å². The van der Waals surface area contributed by atoms with Gasteiger partial charge in [0.2, 0.25) is 5.91 Å². The monoisotopic (exact) mass is 379 g/mol. The molecular formula is C22H25N3O3. The van der Waals surface area contributed by atoms with Crippen molar-refractivity contribution in [1.82, 2.24) is 10.2 Å². The van der Waals surface area contributed by atoms with Crippen LogP contribution in [-0.2, 0) is 22.6 Å². The van der Waals surface area contributed by atoms with E-state index in [0.29, 0.717) is 19.5 Å². The summed E-state index contributed by atoms with van der Waals surface area (Å²) in [6, 6.07) is 17.6. The van der Waals surface area contributed by atoms with E-state index in [1.165, 1.54) is 5.56 Å². The number of para-hydroxylation sites is 1. The molecule has 0 aromatic heterocycles. The van der Waals surface area contributed by atoms with E-state index in [2.05, 4.69) is 16.7 Å². The van der Waals surface area contributed by atoms with Gasteiger partial charge in [0.15, 0.2) is 0 Å². The quantitative estimate of drug-likeness (QED) is 0.857. The van der Waals surface area contributed by atoms with Crippen LogP contribution in [0.5, 0.6) is 0 Å². The molecule has 2 aromatic rings. The Morgan fingerprint density at radius 3 is 2.50 bits per heavy atom. The molecule has 0 aliphatic carbocycles. The highest BCUT2D eigenvalue weighted by atomic mass is 16.6. The second-order valence-electron chi connectivity index (χ2n) is 7.37. The van der Waals surface area contributed by atoms with Gasteiger partial charge in [0.25, 0.3) is 0 Å². The third-order valence-corrected chi connectivity index (χ3v) is 5.39. The number of ether oxygens (including phenoxy) is 1. The van der Waals surface area contributed by atoms with Crippen LogP contribution in [0.15, 0.2) is 54.6 Å². The molecule has 0 saturated carbocycles. The van der Waals surface area contributed by atoms with Crippen molar-refractivity contribution in [1.29, 1.82) is 0 Å². The summed E-state index contributed by atoms with van der Waals surface area (Å²) in [5.41, 5.74) is 3.19. The lowest BCUT2D eigenvalue weighted by molar-refractivity contribution is -0.122. The van der Waals surface area contributed by atoms with Gasteiger partial charge in [0, 0.05) is 31.2 Å². The molecule has 2 amide bonds. The molecule has 1 fully saturated rings. The van der Waals surface area contributed by atoms with Crippen molar-refractivity contribution in [3.8, 4) is 0 Å². The average Bonchev–Trinajstić information content (AvgIpc) is 3.18. The van der Waals surface area contributed by atoms with Crippen molar-refractivity contribution in [3.63, 3.8) is 0 Å². The Kier molecular flexibility index (Phi) is 5.46. The molecule has 2 aliphatic heterocycles. The third kappa shape index (κ3) is 4.27. The summed E-state index contributed by atoms with van der Waals surface area (Å²) in [6.45, 7) is 1.47. The largest absolute Gasteiger partial charge is 0.445 e. The number of carbonyl (C=O) groups is 2. The SMILES string of the molecule is O=C(NC1CCN(C(=O)OCc2ccccc2)CC1)[C@@H]1Cc2ccccc2N1. The Morgan fingerprint density at radius 1 is 1.04 bits per heavy atom. The Hall–Kier alpha value is -3.02. The fraction of sp³-hybridized carbons (Fsp3) is 0.364. The van der Waals surface area contributed by atoms with Gasteiger partial charge in [0.05, 0.1) is 0 Å². The summed E-state index contributed by atoms with van der Waals surface area (Å²) >= 11 is 0. The fourth-order valence-corrected chi connectivity index (χ4v) is 3.77. The van der Waals surface area contributed by atoms with Gasteiger partial charge in [0.1, 0.15) is 12.6 Å². The van der Waals surface area contributed by atoms with Gasteiger partial charge < -0.3 is 20.3 Å². The summed E-state index contributed by atoms with van der Waals surface area (Å²) in [5, 5.41) is 6.42. The normalized spacial score (nSPS) is 18.9. The van der Waals surface area contributed by atoms with Crippen LogP contribution in [0.4, 0.5) is 10.5 Å². The number of hydrogen-bond donors (Lipinski definition) is 2. The highest BCUT2D eigenvalue weighted by Gasteiger charge is 2.30. The first-order valence-corrected chi connectivity index (χ1v) is 9.79. The number of anilines is 1. The molecule has 4 rings (SSSR count). The van der Waals surface area contributed by atoms with Gasteiger partial charge >= 0.3 is 6.09 Å². The lowest BCUT2D eigenvalue weighted by Crippen LogP contribution is -2.49. The zero-order chi connectivity index (χ0) is 19.3. The van der Waals surface area contributed by atoms with Crippen LogP contribution < -0.4 is 10.6 Å². The lowest BCUT2D eigenvalue weighted by Gasteiger charge is -2.32. The molecule has 6 heteroatoms. The smallest absolute Gasteiger partial charge is 0.410 e. The molecule has 0 unspecified atom stereocenters. The second kappa shape index (κ2) is 8.33. The molecule has 2 aliphatic rings. The minimum absolute atomic E-state index is 0.0290. The second-order valence-corrected chi connectivity index (χ2v) is 7.37. The topological polar surface area (TPSA) is 70.7 Å². The Labute approximate surface area is 164 Å². The number of rotatable bonds is 4. The van der Waals surface area contributed by atoms with Crippen molar-refractivity contribution in [2.45, 2.75) is 38.0 Å². The van der Waals surface area contributed by atoms with Crippen LogP contribution in [0, 0.1) is 0 Å².